The van der Waals surface area contributed by atoms with E-state index in [-0.39, 0.29) is 6.01 Å². The van der Waals surface area contributed by atoms with Crippen LogP contribution in [0.4, 0.5) is 10.4 Å². The first kappa shape index (κ1) is 12.3. The Kier molecular flexibility index (Phi) is 3.06. The quantitative estimate of drug-likeness (QED) is 0.941. The van der Waals surface area contributed by atoms with Crippen molar-refractivity contribution in [1.82, 2.24) is 10.2 Å². The summed E-state index contributed by atoms with van der Waals surface area (Å²) in [7, 11) is 0. The van der Waals surface area contributed by atoms with Crippen molar-refractivity contribution in [3.8, 4) is 0 Å². The molecule has 0 unspecified atom stereocenters. The van der Waals surface area contributed by atoms with Gasteiger partial charge in [-0.05, 0) is 47.0 Å². The van der Waals surface area contributed by atoms with E-state index in [1.807, 2.05) is 0 Å². The third kappa shape index (κ3) is 2.65. The van der Waals surface area contributed by atoms with E-state index in [2.05, 4.69) is 31.4 Å². The molecule has 19 heavy (non-hydrogen) atoms. The molecule has 0 spiro atoms. The molecule has 0 radical (unpaired) electrons. The highest BCUT2D eigenvalue weighted by atomic mass is 79.9. The predicted octanol–water partition coefficient (Wildman–Crippen LogP) is 3.10. The number of aromatic nitrogens is 2. The first-order chi connectivity index (χ1) is 9.13. The molecule has 1 aliphatic rings. The minimum atomic E-state index is -0.433. The molecule has 1 N–H and O–H groups in total. The number of benzene rings is 1. The molecule has 2 aromatic rings. The molecule has 0 saturated heterocycles. The van der Waals surface area contributed by atoms with Crippen molar-refractivity contribution >= 4 is 27.9 Å². The summed E-state index contributed by atoms with van der Waals surface area (Å²) in [5, 5.41) is 10.1. The Balaban J connectivity index is 1.76. The van der Waals surface area contributed by atoms with E-state index < -0.39 is 11.7 Å². The van der Waals surface area contributed by atoms with Crippen LogP contribution in [0.25, 0.3) is 0 Å². The van der Waals surface area contributed by atoms with E-state index in [9.17, 15) is 9.18 Å². The monoisotopic (exact) mass is 325 g/mol. The molecular formula is C12H9BrFN3O2. The molecule has 0 atom stereocenters. The van der Waals surface area contributed by atoms with Gasteiger partial charge >= 0.3 is 6.01 Å². The average Bonchev–Trinajstić information content (AvgIpc) is 3.10. The molecule has 1 saturated carbocycles. The topological polar surface area (TPSA) is 68.0 Å². The summed E-state index contributed by atoms with van der Waals surface area (Å²) < 4.78 is 18.6. The standard InChI is InChI=1S/C12H9BrFN3O2/c13-9-5-7(14)3-4-8(9)10(18)15-12-17-16-11(19-12)6-1-2-6/h3-6H,1-2H2,(H,15,17,18). The highest BCUT2D eigenvalue weighted by molar-refractivity contribution is 9.10. The van der Waals surface area contributed by atoms with Gasteiger partial charge in [-0.2, -0.15) is 0 Å². The van der Waals surface area contributed by atoms with E-state index >= 15 is 0 Å². The van der Waals surface area contributed by atoms with Crippen LogP contribution in [0.3, 0.4) is 0 Å². The van der Waals surface area contributed by atoms with E-state index in [1.165, 1.54) is 18.2 Å². The Hall–Kier alpha value is -1.76. The van der Waals surface area contributed by atoms with Crippen LogP contribution in [0.2, 0.25) is 0 Å². The molecule has 0 bridgehead atoms. The summed E-state index contributed by atoms with van der Waals surface area (Å²) >= 11 is 3.13. The zero-order chi connectivity index (χ0) is 13.4. The Bertz CT molecular complexity index is 640. The molecule has 1 aromatic heterocycles. The van der Waals surface area contributed by atoms with Crippen molar-refractivity contribution in [1.29, 1.82) is 0 Å². The van der Waals surface area contributed by atoms with Gasteiger partial charge < -0.3 is 4.42 Å². The highest BCUT2D eigenvalue weighted by Gasteiger charge is 2.29. The van der Waals surface area contributed by atoms with Crippen molar-refractivity contribution in [2.45, 2.75) is 18.8 Å². The molecule has 0 aliphatic heterocycles. The number of anilines is 1. The zero-order valence-electron chi connectivity index (χ0n) is 9.69. The summed E-state index contributed by atoms with van der Waals surface area (Å²) in [5.74, 6) is 0.0271. The van der Waals surface area contributed by atoms with Crippen LogP contribution in [0, 0.1) is 5.82 Å². The van der Waals surface area contributed by atoms with Gasteiger partial charge in [0.2, 0.25) is 5.89 Å². The molecule has 1 fully saturated rings. The molecule has 1 aliphatic carbocycles. The van der Waals surface area contributed by atoms with Crippen LogP contribution in [0.1, 0.15) is 35.0 Å². The first-order valence-electron chi connectivity index (χ1n) is 5.73. The largest absolute Gasteiger partial charge is 0.408 e. The van der Waals surface area contributed by atoms with Crippen LogP contribution in [-0.2, 0) is 0 Å². The molecule has 1 amide bonds. The molecule has 98 valence electrons. The van der Waals surface area contributed by atoms with Crippen LogP contribution in [-0.4, -0.2) is 16.1 Å². The van der Waals surface area contributed by atoms with Gasteiger partial charge in [-0.25, -0.2) is 4.39 Å². The van der Waals surface area contributed by atoms with E-state index in [0.717, 1.165) is 12.8 Å². The maximum Gasteiger partial charge on any atom is 0.322 e. The Morgan fingerprint density at radius 1 is 1.42 bits per heavy atom. The molecule has 1 aromatic carbocycles. The lowest BCUT2D eigenvalue weighted by molar-refractivity contribution is 0.102. The SMILES string of the molecule is O=C(Nc1nnc(C2CC2)o1)c1ccc(F)cc1Br. The summed E-state index contributed by atoms with van der Waals surface area (Å²) in [6, 6.07) is 3.87. The number of carbonyl (C=O) groups excluding carboxylic acids is 1. The second kappa shape index (κ2) is 4.73. The van der Waals surface area contributed by atoms with Crippen molar-refractivity contribution in [3.05, 3.63) is 39.9 Å². The van der Waals surface area contributed by atoms with Gasteiger partial charge in [0, 0.05) is 10.4 Å². The molecule has 1 heterocycles. The highest BCUT2D eigenvalue weighted by Crippen LogP contribution is 2.39. The number of hydrogen-bond acceptors (Lipinski definition) is 4. The fourth-order valence-electron chi connectivity index (χ4n) is 1.62. The summed E-state index contributed by atoms with van der Waals surface area (Å²) in [6.45, 7) is 0. The number of nitrogens with zero attached hydrogens (tertiary/aromatic N) is 2. The summed E-state index contributed by atoms with van der Waals surface area (Å²) in [4.78, 5) is 11.9. The van der Waals surface area contributed by atoms with Crippen LogP contribution >= 0.6 is 15.9 Å². The van der Waals surface area contributed by atoms with Crippen molar-refractivity contribution in [2.24, 2.45) is 0 Å². The van der Waals surface area contributed by atoms with Crippen LogP contribution in [0.15, 0.2) is 27.1 Å². The minimum Gasteiger partial charge on any atom is -0.408 e. The van der Waals surface area contributed by atoms with Crippen molar-refractivity contribution in [3.63, 3.8) is 0 Å². The van der Waals surface area contributed by atoms with Crippen LogP contribution in [0.5, 0.6) is 0 Å². The van der Waals surface area contributed by atoms with Crippen LogP contribution < -0.4 is 5.32 Å². The fraction of sp³-hybridized carbons (Fsp3) is 0.250. The predicted molar refractivity (Wildman–Crippen MR) is 68.3 cm³/mol. The van der Waals surface area contributed by atoms with Gasteiger partial charge in [0.15, 0.2) is 0 Å². The van der Waals surface area contributed by atoms with Gasteiger partial charge in [0.25, 0.3) is 5.91 Å². The summed E-state index contributed by atoms with van der Waals surface area (Å²) in [5.41, 5.74) is 0.299. The number of rotatable bonds is 3. The van der Waals surface area contributed by atoms with Crippen molar-refractivity contribution in [2.75, 3.05) is 5.32 Å². The lowest BCUT2D eigenvalue weighted by Gasteiger charge is -2.03. The third-order valence-electron chi connectivity index (χ3n) is 2.76. The number of carbonyl (C=O) groups is 1. The second-order valence-electron chi connectivity index (χ2n) is 4.30. The lowest BCUT2D eigenvalue weighted by atomic mass is 10.2. The van der Waals surface area contributed by atoms with E-state index in [1.54, 1.807) is 0 Å². The average molecular weight is 326 g/mol. The second-order valence-corrected chi connectivity index (χ2v) is 5.15. The van der Waals surface area contributed by atoms with Gasteiger partial charge in [-0.15, -0.1) is 5.10 Å². The maximum atomic E-state index is 12.9. The van der Waals surface area contributed by atoms with E-state index in [4.69, 9.17) is 4.42 Å². The van der Waals surface area contributed by atoms with Crippen molar-refractivity contribution < 1.29 is 13.6 Å². The first-order valence-corrected chi connectivity index (χ1v) is 6.52. The summed E-state index contributed by atoms with van der Waals surface area (Å²) in [6.07, 6.45) is 2.08. The third-order valence-corrected chi connectivity index (χ3v) is 3.42. The zero-order valence-corrected chi connectivity index (χ0v) is 11.3. The number of halogens is 2. The molecule has 3 rings (SSSR count). The fourth-order valence-corrected chi connectivity index (χ4v) is 2.15. The van der Waals surface area contributed by atoms with Gasteiger partial charge in [-0.3, -0.25) is 10.1 Å². The minimum absolute atomic E-state index is 0.0584. The maximum absolute atomic E-state index is 12.9. The molecular weight excluding hydrogens is 317 g/mol. The molecule has 7 heteroatoms. The Morgan fingerprint density at radius 3 is 2.89 bits per heavy atom. The van der Waals surface area contributed by atoms with Gasteiger partial charge in [0.05, 0.1) is 5.56 Å². The Labute approximate surface area is 116 Å². The van der Waals surface area contributed by atoms with E-state index in [0.29, 0.717) is 21.8 Å². The normalized spacial score (nSPS) is 14.4. The number of hydrogen-bond donors (Lipinski definition) is 1. The lowest BCUT2D eigenvalue weighted by Crippen LogP contribution is -2.12. The van der Waals surface area contributed by atoms with Gasteiger partial charge in [-0.1, -0.05) is 5.10 Å². The van der Waals surface area contributed by atoms with Gasteiger partial charge in [0.1, 0.15) is 5.82 Å². The Morgan fingerprint density at radius 2 is 2.21 bits per heavy atom. The number of nitrogens with one attached hydrogen (secondary N) is 1. The number of amides is 1. The molecule has 5 nitrogen and oxygen atoms in total. The smallest absolute Gasteiger partial charge is 0.322 e.